The van der Waals surface area contributed by atoms with Crippen molar-refractivity contribution in [1.29, 1.82) is 0 Å². The molecule has 1 atom stereocenters. The maximum atomic E-state index is 14.3. The van der Waals surface area contributed by atoms with Gasteiger partial charge in [-0.3, -0.25) is 13.9 Å². The molecule has 0 bridgehead atoms. The number of methoxy groups -OCH3 is 1. The normalized spacial score (nSPS) is 11.8. The fraction of sp³-hybridized carbons (Fsp3) is 0.188. The molecule has 0 aliphatic carbocycles. The average molecular weight is 641 g/mol. The molecule has 0 saturated carbocycles. The monoisotopic (exact) mass is 639 g/mol. The molecule has 4 aromatic rings. The van der Waals surface area contributed by atoms with Gasteiger partial charge in [0.25, 0.3) is 10.0 Å². The van der Waals surface area contributed by atoms with E-state index >= 15 is 0 Å². The van der Waals surface area contributed by atoms with Crippen molar-refractivity contribution in [3.8, 4) is 5.75 Å². The lowest BCUT2D eigenvalue weighted by Crippen LogP contribution is -2.53. The number of ether oxygens (including phenoxy) is 1. The number of carbonyl (C=O) groups is 2. The van der Waals surface area contributed by atoms with Crippen molar-refractivity contribution < 1.29 is 22.7 Å². The number of anilines is 1. The van der Waals surface area contributed by atoms with Crippen molar-refractivity contribution in [2.24, 2.45) is 0 Å². The van der Waals surface area contributed by atoms with Gasteiger partial charge in [0.2, 0.25) is 11.8 Å². The van der Waals surface area contributed by atoms with Crippen LogP contribution in [0.1, 0.15) is 11.1 Å². The number of carbonyl (C=O) groups excluding carboxylic acids is 2. The van der Waals surface area contributed by atoms with Gasteiger partial charge in [-0.1, -0.05) is 89.9 Å². The highest BCUT2D eigenvalue weighted by molar-refractivity contribution is 7.92. The first-order valence-corrected chi connectivity index (χ1v) is 15.5. The third-order valence-corrected chi connectivity index (χ3v) is 9.40. The molecule has 2 amide bonds. The van der Waals surface area contributed by atoms with Crippen LogP contribution in [0.15, 0.2) is 108 Å². The minimum Gasteiger partial charge on any atom is -0.497 e. The Morgan fingerprint density at radius 3 is 2.14 bits per heavy atom. The lowest BCUT2D eigenvalue weighted by Gasteiger charge is -2.34. The Balaban J connectivity index is 1.82. The fourth-order valence-corrected chi connectivity index (χ4v) is 6.50. The Labute approximate surface area is 261 Å². The molecule has 11 heteroatoms. The molecule has 1 N–H and O–H groups in total. The zero-order valence-corrected chi connectivity index (χ0v) is 25.9. The van der Waals surface area contributed by atoms with Crippen LogP contribution in [-0.2, 0) is 32.6 Å². The van der Waals surface area contributed by atoms with E-state index in [-0.39, 0.29) is 33.6 Å². The minimum absolute atomic E-state index is 0.00343. The van der Waals surface area contributed by atoms with Gasteiger partial charge in [-0.05, 0) is 47.5 Å². The molecule has 0 aromatic heterocycles. The number of sulfonamides is 1. The summed E-state index contributed by atoms with van der Waals surface area (Å²) in [6.45, 7) is -0.646. The van der Waals surface area contributed by atoms with Crippen LogP contribution < -0.4 is 14.4 Å². The first kappa shape index (κ1) is 31.9. The lowest BCUT2D eigenvalue weighted by molar-refractivity contribution is -0.139. The van der Waals surface area contributed by atoms with E-state index < -0.39 is 34.4 Å². The molecule has 0 saturated heterocycles. The minimum atomic E-state index is -4.29. The zero-order valence-electron chi connectivity index (χ0n) is 23.6. The number of likely N-dealkylation sites (N-methyl/N-ethyl adjacent to an activating group) is 1. The maximum absolute atomic E-state index is 14.3. The number of halogens is 2. The number of amides is 2. The Morgan fingerprint density at radius 2 is 1.49 bits per heavy atom. The molecule has 4 aromatic carbocycles. The van der Waals surface area contributed by atoms with Crippen LogP contribution in [0.25, 0.3) is 0 Å². The summed E-state index contributed by atoms with van der Waals surface area (Å²) in [5.41, 5.74) is 1.55. The van der Waals surface area contributed by atoms with Crippen LogP contribution in [-0.4, -0.2) is 51.9 Å². The van der Waals surface area contributed by atoms with Crippen LogP contribution in [0, 0.1) is 0 Å². The number of hydrogen-bond acceptors (Lipinski definition) is 5. The van der Waals surface area contributed by atoms with E-state index in [4.69, 9.17) is 27.9 Å². The van der Waals surface area contributed by atoms with Crippen molar-refractivity contribution in [1.82, 2.24) is 10.2 Å². The number of hydrogen-bond donors (Lipinski definition) is 1. The highest BCUT2D eigenvalue weighted by Gasteiger charge is 2.35. The quantitative estimate of drug-likeness (QED) is 0.218. The number of nitrogens with zero attached hydrogens (tertiary/aromatic N) is 2. The number of nitrogens with one attached hydrogen (secondary N) is 1. The third-order valence-electron chi connectivity index (χ3n) is 6.81. The molecule has 0 fully saturated rings. The Morgan fingerprint density at radius 1 is 0.860 bits per heavy atom. The van der Waals surface area contributed by atoms with Gasteiger partial charge in [-0.15, -0.1) is 0 Å². The highest BCUT2D eigenvalue weighted by Crippen LogP contribution is 2.35. The summed E-state index contributed by atoms with van der Waals surface area (Å²) >= 11 is 12.8. The van der Waals surface area contributed by atoms with E-state index in [9.17, 15) is 18.0 Å². The standard InChI is InChI=1S/C32H31Cl2N3O5S/c1-35-32(39)29(20-23-11-5-3-6-12-23)36(21-24-13-9-14-25(19-24)42-2)30(38)22-37(28-18-10-17-27(33)31(28)34)43(40,41)26-15-7-4-8-16-26/h3-19,29H,20-22H2,1-2H3,(H,35,39)/t29-/m1/s1. The first-order chi connectivity index (χ1) is 20.6. The molecule has 0 unspecified atom stereocenters. The predicted octanol–water partition coefficient (Wildman–Crippen LogP) is 5.58. The largest absolute Gasteiger partial charge is 0.497 e. The molecule has 0 radical (unpaired) electrons. The molecule has 0 aliphatic heterocycles. The van der Waals surface area contributed by atoms with Gasteiger partial charge in [-0.2, -0.15) is 0 Å². The van der Waals surface area contributed by atoms with E-state index in [2.05, 4.69) is 5.32 Å². The average Bonchev–Trinajstić information content (AvgIpc) is 3.03. The fourth-order valence-electron chi connectivity index (χ4n) is 4.61. The molecule has 43 heavy (non-hydrogen) atoms. The van der Waals surface area contributed by atoms with Gasteiger partial charge in [0.15, 0.2) is 0 Å². The van der Waals surface area contributed by atoms with Crippen LogP contribution in [0.2, 0.25) is 10.0 Å². The summed E-state index contributed by atoms with van der Waals surface area (Å²) in [5.74, 6) is -0.454. The summed E-state index contributed by atoms with van der Waals surface area (Å²) in [6, 6.07) is 27.7. The summed E-state index contributed by atoms with van der Waals surface area (Å²) in [4.78, 5) is 29.0. The molecule has 8 nitrogen and oxygen atoms in total. The van der Waals surface area contributed by atoms with Crippen molar-refractivity contribution in [2.45, 2.75) is 23.9 Å². The maximum Gasteiger partial charge on any atom is 0.264 e. The van der Waals surface area contributed by atoms with Gasteiger partial charge >= 0.3 is 0 Å². The van der Waals surface area contributed by atoms with E-state index in [0.717, 1.165) is 9.87 Å². The van der Waals surface area contributed by atoms with Crippen molar-refractivity contribution >= 4 is 50.7 Å². The van der Waals surface area contributed by atoms with Crippen LogP contribution in [0.5, 0.6) is 5.75 Å². The van der Waals surface area contributed by atoms with E-state index in [1.54, 1.807) is 48.5 Å². The molecule has 224 valence electrons. The summed E-state index contributed by atoms with van der Waals surface area (Å²) in [7, 11) is -1.27. The van der Waals surface area contributed by atoms with Gasteiger partial charge in [0.1, 0.15) is 18.3 Å². The first-order valence-electron chi connectivity index (χ1n) is 13.4. The van der Waals surface area contributed by atoms with Gasteiger partial charge in [-0.25, -0.2) is 8.42 Å². The molecule has 0 heterocycles. The molecular formula is C32H31Cl2N3O5S. The molecule has 4 rings (SSSR count). The van der Waals surface area contributed by atoms with Gasteiger partial charge in [0, 0.05) is 20.0 Å². The Kier molecular flexibility index (Phi) is 10.7. The van der Waals surface area contributed by atoms with E-state index in [1.807, 2.05) is 30.3 Å². The predicted molar refractivity (Wildman–Crippen MR) is 169 cm³/mol. The Bertz CT molecular complexity index is 1670. The second-order valence-corrected chi connectivity index (χ2v) is 12.2. The van der Waals surface area contributed by atoms with Crippen LogP contribution in [0.3, 0.4) is 0 Å². The zero-order chi connectivity index (χ0) is 31.0. The van der Waals surface area contributed by atoms with E-state index in [0.29, 0.717) is 11.3 Å². The second kappa shape index (κ2) is 14.4. The van der Waals surface area contributed by atoms with E-state index in [1.165, 1.54) is 43.3 Å². The Hall–Kier alpha value is -4.05. The van der Waals surface area contributed by atoms with Crippen molar-refractivity contribution in [3.05, 3.63) is 124 Å². The van der Waals surface area contributed by atoms with Gasteiger partial charge < -0.3 is 15.0 Å². The molecular weight excluding hydrogens is 609 g/mol. The number of benzene rings is 4. The third kappa shape index (κ3) is 7.67. The lowest BCUT2D eigenvalue weighted by atomic mass is 10.0. The second-order valence-electron chi connectivity index (χ2n) is 9.59. The van der Waals surface area contributed by atoms with Crippen LogP contribution in [0.4, 0.5) is 5.69 Å². The summed E-state index contributed by atoms with van der Waals surface area (Å²) in [5, 5.41) is 2.76. The molecule has 0 spiro atoms. The topological polar surface area (TPSA) is 96.0 Å². The van der Waals surface area contributed by atoms with Crippen molar-refractivity contribution in [2.75, 3.05) is 25.0 Å². The highest BCUT2D eigenvalue weighted by atomic mass is 35.5. The van der Waals surface area contributed by atoms with Crippen LogP contribution >= 0.6 is 23.2 Å². The summed E-state index contributed by atoms with van der Waals surface area (Å²) < 4.78 is 34.3. The number of rotatable bonds is 12. The van der Waals surface area contributed by atoms with Gasteiger partial charge in [0.05, 0.1) is 27.7 Å². The molecule has 0 aliphatic rings. The smallest absolute Gasteiger partial charge is 0.264 e. The summed E-state index contributed by atoms with van der Waals surface area (Å²) in [6.07, 6.45) is 0.194. The SMILES string of the molecule is CNC(=O)[C@@H](Cc1ccccc1)N(Cc1cccc(OC)c1)C(=O)CN(c1cccc(Cl)c1Cl)S(=O)(=O)c1ccccc1. The van der Waals surface area contributed by atoms with Crippen molar-refractivity contribution in [3.63, 3.8) is 0 Å².